The van der Waals surface area contributed by atoms with Crippen LogP contribution in [0.1, 0.15) is 38.5 Å². The van der Waals surface area contributed by atoms with Gasteiger partial charge in [0.15, 0.2) is 0 Å². The van der Waals surface area contributed by atoms with Gasteiger partial charge in [-0.1, -0.05) is 0 Å². The normalized spacial score (nSPS) is 29.4. The van der Waals surface area contributed by atoms with Crippen molar-refractivity contribution in [3.05, 3.63) is 0 Å². The van der Waals surface area contributed by atoms with Gasteiger partial charge in [-0.2, -0.15) is 0 Å². The molecule has 0 radical (unpaired) electrons. The van der Waals surface area contributed by atoms with E-state index in [-0.39, 0.29) is 6.04 Å². The summed E-state index contributed by atoms with van der Waals surface area (Å²) in [6.45, 7) is 3.22. The molecule has 0 aromatic rings. The van der Waals surface area contributed by atoms with Crippen LogP contribution < -0.4 is 5.32 Å². The molecule has 98 valence electrons. The average Bonchev–Trinajstić information content (AvgIpc) is 2.83. The lowest BCUT2D eigenvalue weighted by atomic mass is 10.0. The standard InChI is InChI=1S/C13H23NO3/c15-12(9-11-10-16-8-6-14-11)3-1-4-13-5-2-7-17-13/h11,13-14H,1-10H2. The Balaban J connectivity index is 1.53. The van der Waals surface area contributed by atoms with E-state index in [1.807, 2.05) is 0 Å². The van der Waals surface area contributed by atoms with Gasteiger partial charge in [-0.3, -0.25) is 4.79 Å². The van der Waals surface area contributed by atoms with Gasteiger partial charge < -0.3 is 14.8 Å². The minimum Gasteiger partial charge on any atom is -0.379 e. The number of carbonyl (C=O) groups is 1. The lowest BCUT2D eigenvalue weighted by Crippen LogP contribution is -2.42. The SMILES string of the molecule is O=C(CCCC1CCCO1)CC1COCCN1. The number of carbonyl (C=O) groups excluding carboxylic acids is 1. The lowest BCUT2D eigenvalue weighted by molar-refractivity contribution is -0.120. The molecule has 0 aromatic carbocycles. The van der Waals surface area contributed by atoms with Crippen LogP contribution in [0, 0.1) is 0 Å². The molecule has 1 N–H and O–H groups in total. The van der Waals surface area contributed by atoms with E-state index in [9.17, 15) is 4.79 Å². The summed E-state index contributed by atoms with van der Waals surface area (Å²) < 4.78 is 10.9. The van der Waals surface area contributed by atoms with E-state index in [0.29, 0.717) is 31.3 Å². The van der Waals surface area contributed by atoms with Crippen LogP contribution in [0.15, 0.2) is 0 Å². The van der Waals surface area contributed by atoms with Crippen molar-refractivity contribution < 1.29 is 14.3 Å². The molecule has 2 rings (SSSR count). The summed E-state index contributed by atoms with van der Waals surface area (Å²) in [5.41, 5.74) is 0. The molecule has 2 heterocycles. The predicted octanol–water partition coefficient (Wildman–Crippen LogP) is 1.28. The van der Waals surface area contributed by atoms with E-state index < -0.39 is 0 Å². The zero-order valence-corrected chi connectivity index (χ0v) is 10.5. The van der Waals surface area contributed by atoms with E-state index in [1.165, 1.54) is 12.8 Å². The van der Waals surface area contributed by atoms with Crippen molar-refractivity contribution >= 4 is 5.78 Å². The van der Waals surface area contributed by atoms with Crippen LogP contribution in [0.25, 0.3) is 0 Å². The highest BCUT2D eigenvalue weighted by Crippen LogP contribution is 2.18. The van der Waals surface area contributed by atoms with E-state index in [2.05, 4.69) is 5.32 Å². The summed E-state index contributed by atoms with van der Waals surface area (Å²) in [4.78, 5) is 11.7. The first kappa shape index (κ1) is 13.0. The highest BCUT2D eigenvalue weighted by Gasteiger charge is 2.18. The minimum absolute atomic E-state index is 0.235. The number of hydrogen-bond acceptors (Lipinski definition) is 4. The van der Waals surface area contributed by atoms with Crippen molar-refractivity contribution in [1.29, 1.82) is 0 Å². The monoisotopic (exact) mass is 241 g/mol. The Labute approximate surface area is 103 Å². The van der Waals surface area contributed by atoms with Crippen LogP contribution in [0.3, 0.4) is 0 Å². The zero-order chi connectivity index (χ0) is 11.9. The molecular formula is C13H23NO3. The summed E-state index contributed by atoms with van der Waals surface area (Å²) in [6, 6.07) is 0.235. The number of nitrogens with one attached hydrogen (secondary N) is 1. The van der Waals surface area contributed by atoms with Gasteiger partial charge in [0.1, 0.15) is 5.78 Å². The van der Waals surface area contributed by atoms with Crippen molar-refractivity contribution in [2.45, 2.75) is 50.7 Å². The van der Waals surface area contributed by atoms with Crippen molar-refractivity contribution in [2.75, 3.05) is 26.4 Å². The minimum atomic E-state index is 0.235. The van der Waals surface area contributed by atoms with Crippen LogP contribution in [0.2, 0.25) is 0 Å². The zero-order valence-electron chi connectivity index (χ0n) is 10.5. The molecule has 2 saturated heterocycles. The van der Waals surface area contributed by atoms with Gasteiger partial charge >= 0.3 is 0 Å². The molecule has 4 heteroatoms. The third-order valence-corrected chi connectivity index (χ3v) is 3.48. The maximum absolute atomic E-state index is 11.7. The fraction of sp³-hybridized carbons (Fsp3) is 0.923. The summed E-state index contributed by atoms with van der Waals surface area (Å²) in [5, 5.41) is 3.31. The van der Waals surface area contributed by atoms with E-state index in [1.54, 1.807) is 0 Å². The fourth-order valence-electron chi connectivity index (χ4n) is 2.53. The largest absolute Gasteiger partial charge is 0.379 e. The van der Waals surface area contributed by atoms with Gasteiger partial charge in [0.05, 0.1) is 19.3 Å². The number of ether oxygens (including phenoxy) is 2. The highest BCUT2D eigenvalue weighted by atomic mass is 16.5. The molecule has 0 aliphatic carbocycles. The number of morpholine rings is 1. The van der Waals surface area contributed by atoms with E-state index in [0.717, 1.165) is 32.6 Å². The van der Waals surface area contributed by atoms with E-state index in [4.69, 9.17) is 9.47 Å². The molecule has 2 atom stereocenters. The molecule has 2 aliphatic heterocycles. The average molecular weight is 241 g/mol. The topological polar surface area (TPSA) is 47.6 Å². The van der Waals surface area contributed by atoms with Crippen LogP contribution >= 0.6 is 0 Å². The highest BCUT2D eigenvalue weighted by molar-refractivity contribution is 5.78. The molecule has 0 aromatic heterocycles. The Hall–Kier alpha value is -0.450. The summed E-state index contributed by atoms with van der Waals surface area (Å²) in [5.74, 6) is 0.353. The van der Waals surface area contributed by atoms with Crippen LogP contribution in [0.5, 0.6) is 0 Å². The summed E-state index contributed by atoms with van der Waals surface area (Å²) >= 11 is 0. The first-order valence-corrected chi connectivity index (χ1v) is 6.79. The molecule has 4 nitrogen and oxygen atoms in total. The second-order valence-electron chi connectivity index (χ2n) is 5.00. The quantitative estimate of drug-likeness (QED) is 0.761. The van der Waals surface area contributed by atoms with Crippen molar-refractivity contribution in [1.82, 2.24) is 5.32 Å². The van der Waals surface area contributed by atoms with Gasteiger partial charge in [0.2, 0.25) is 0 Å². The fourth-order valence-corrected chi connectivity index (χ4v) is 2.53. The number of ketones is 1. The molecular weight excluding hydrogens is 218 g/mol. The van der Waals surface area contributed by atoms with Crippen LogP contribution in [-0.4, -0.2) is 44.3 Å². The Kier molecular flexibility index (Phi) is 5.42. The smallest absolute Gasteiger partial charge is 0.134 e. The second-order valence-corrected chi connectivity index (χ2v) is 5.00. The Morgan fingerprint density at radius 1 is 1.35 bits per heavy atom. The first-order valence-electron chi connectivity index (χ1n) is 6.79. The molecule has 17 heavy (non-hydrogen) atoms. The Bertz CT molecular complexity index is 233. The third kappa shape index (κ3) is 4.74. The van der Waals surface area contributed by atoms with Crippen molar-refractivity contribution in [3.63, 3.8) is 0 Å². The number of Topliss-reactive ketones (excluding diaryl/α,β-unsaturated/α-hetero) is 1. The van der Waals surface area contributed by atoms with Crippen molar-refractivity contribution in [2.24, 2.45) is 0 Å². The first-order chi connectivity index (χ1) is 8.34. The predicted molar refractivity (Wildman–Crippen MR) is 65.1 cm³/mol. The number of hydrogen-bond donors (Lipinski definition) is 1. The van der Waals surface area contributed by atoms with E-state index >= 15 is 0 Å². The molecule has 0 spiro atoms. The summed E-state index contributed by atoms with van der Waals surface area (Å²) in [6.07, 6.45) is 6.09. The van der Waals surface area contributed by atoms with Gasteiger partial charge in [-0.05, 0) is 25.7 Å². The van der Waals surface area contributed by atoms with Gasteiger partial charge in [-0.25, -0.2) is 0 Å². The lowest BCUT2D eigenvalue weighted by Gasteiger charge is -2.23. The second kappa shape index (κ2) is 7.09. The number of rotatable bonds is 6. The third-order valence-electron chi connectivity index (χ3n) is 3.48. The molecule has 0 bridgehead atoms. The molecule has 0 saturated carbocycles. The molecule has 0 amide bonds. The Morgan fingerprint density at radius 2 is 2.29 bits per heavy atom. The molecule has 2 aliphatic rings. The van der Waals surface area contributed by atoms with Crippen molar-refractivity contribution in [3.8, 4) is 0 Å². The van der Waals surface area contributed by atoms with Gasteiger partial charge in [-0.15, -0.1) is 0 Å². The van der Waals surface area contributed by atoms with Crippen LogP contribution in [-0.2, 0) is 14.3 Å². The maximum atomic E-state index is 11.7. The molecule has 2 fully saturated rings. The van der Waals surface area contributed by atoms with Gasteiger partial charge in [0.25, 0.3) is 0 Å². The van der Waals surface area contributed by atoms with Gasteiger partial charge in [0, 0.05) is 32.0 Å². The maximum Gasteiger partial charge on any atom is 0.134 e. The molecule has 2 unspecified atom stereocenters. The Morgan fingerprint density at radius 3 is 3.00 bits per heavy atom. The summed E-state index contributed by atoms with van der Waals surface area (Å²) in [7, 11) is 0. The van der Waals surface area contributed by atoms with Crippen LogP contribution in [0.4, 0.5) is 0 Å².